The summed E-state index contributed by atoms with van der Waals surface area (Å²) in [5.41, 5.74) is -0.0308. The van der Waals surface area contributed by atoms with Crippen LogP contribution in [0.4, 0.5) is 17.3 Å². The van der Waals surface area contributed by atoms with Gasteiger partial charge in [-0.3, -0.25) is 14.9 Å². The van der Waals surface area contributed by atoms with Crippen LogP contribution in [0.1, 0.15) is 20.3 Å². The van der Waals surface area contributed by atoms with Gasteiger partial charge in [-0.2, -0.15) is 0 Å². The van der Waals surface area contributed by atoms with Crippen LogP contribution < -0.4 is 15.5 Å². The van der Waals surface area contributed by atoms with Crippen molar-refractivity contribution in [3.05, 3.63) is 22.2 Å². The van der Waals surface area contributed by atoms with Gasteiger partial charge < -0.3 is 15.5 Å². The SMILES string of the molecule is CCNc1cc([N+](=O)[O-])cc(N2CCNC(=O)C2CC)n1. The van der Waals surface area contributed by atoms with Crippen molar-refractivity contribution in [3.63, 3.8) is 0 Å². The van der Waals surface area contributed by atoms with Gasteiger partial charge in [0, 0.05) is 19.6 Å². The number of hydrogen-bond donors (Lipinski definition) is 2. The smallest absolute Gasteiger partial charge is 0.276 e. The Labute approximate surface area is 122 Å². The molecule has 1 aliphatic heterocycles. The Bertz CT molecular complexity index is 549. The number of aromatic nitrogens is 1. The minimum absolute atomic E-state index is 0.0308. The van der Waals surface area contributed by atoms with E-state index < -0.39 is 4.92 Å². The van der Waals surface area contributed by atoms with E-state index in [1.807, 2.05) is 18.7 Å². The molecule has 0 bridgehead atoms. The molecule has 1 aromatic rings. The maximum atomic E-state index is 11.9. The fourth-order valence-corrected chi connectivity index (χ4v) is 2.42. The van der Waals surface area contributed by atoms with Gasteiger partial charge in [0.15, 0.2) is 0 Å². The molecule has 1 aliphatic rings. The summed E-state index contributed by atoms with van der Waals surface area (Å²) in [5, 5.41) is 16.8. The number of carbonyl (C=O) groups excluding carboxylic acids is 1. The largest absolute Gasteiger partial charge is 0.370 e. The zero-order valence-electron chi connectivity index (χ0n) is 12.1. The minimum atomic E-state index is -0.447. The third-order valence-corrected chi connectivity index (χ3v) is 3.38. The van der Waals surface area contributed by atoms with Crippen LogP contribution in [-0.4, -0.2) is 41.5 Å². The topological polar surface area (TPSA) is 100 Å². The Hall–Kier alpha value is -2.38. The van der Waals surface area contributed by atoms with E-state index in [1.165, 1.54) is 12.1 Å². The molecule has 0 saturated carbocycles. The fraction of sp³-hybridized carbons (Fsp3) is 0.538. The number of anilines is 2. The second-order valence-corrected chi connectivity index (χ2v) is 4.76. The van der Waals surface area contributed by atoms with Gasteiger partial charge >= 0.3 is 0 Å². The number of nitrogens with one attached hydrogen (secondary N) is 2. The molecule has 1 unspecified atom stereocenters. The van der Waals surface area contributed by atoms with E-state index in [9.17, 15) is 14.9 Å². The van der Waals surface area contributed by atoms with Crippen molar-refractivity contribution in [3.8, 4) is 0 Å². The van der Waals surface area contributed by atoms with E-state index in [2.05, 4.69) is 15.6 Å². The van der Waals surface area contributed by atoms with Crippen molar-refractivity contribution in [1.82, 2.24) is 10.3 Å². The first kappa shape index (κ1) is 15.0. The van der Waals surface area contributed by atoms with E-state index >= 15 is 0 Å². The van der Waals surface area contributed by atoms with E-state index in [4.69, 9.17) is 0 Å². The molecule has 1 aromatic heterocycles. The predicted molar refractivity (Wildman–Crippen MR) is 79.5 cm³/mol. The average molecular weight is 293 g/mol. The number of amides is 1. The molecule has 8 heteroatoms. The van der Waals surface area contributed by atoms with Crippen molar-refractivity contribution >= 4 is 23.2 Å². The van der Waals surface area contributed by atoms with Crippen molar-refractivity contribution < 1.29 is 9.72 Å². The molecule has 0 aromatic carbocycles. The summed E-state index contributed by atoms with van der Waals surface area (Å²) in [7, 11) is 0. The molecular weight excluding hydrogens is 274 g/mol. The Morgan fingerprint density at radius 1 is 1.52 bits per heavy atom. The van der Waals surface area contributed by atoms with Crippen LogP contribution in [-0.2, 0) is 4.79 Å². The van der Waals surface area contributed by atoms with Gasteiger partial charge in [-0.15, -0.1) is 0 Å². The normalized spacial score (nSPS) is 18.3. The summed E-state index contributed by atoms with van der Waals surface area (Å²) in [6.45, 7) is 5.51. The third kappa shape index (κ3) is 3.21. The molecule has 0 radical (unpaired) electrons. The van der Waals surface area contributed by atoms with Crippen LogP contribution in [0.2, 0.25) is 0 Å². The molecular formula is C13H19N5O3. The summed E-state index contributed by atoms with van der Waals surface area (Å²) in [6, 6.07) is 2.47. The Morgan fingerprint density at radius 2 is 2.29 bits per heavy atom. The Balaban J connectivity index is 2.40. The van der Waals surface area contributed by atoms with Gasteiger partial charge in [-0.25, -0.2) is 4.98 Å². The zero-order valence-corrected chi connectivity index (χ0v) is 12.1. The summed E-state index contributed by atoms with van der Waals surface area (Å²) in [5.74, 6) is 0.839. The van der Waals surface area contributed by atoms with Crippen molar-refractivity contribution in [1.29, 1.82) is 0 Å². The number of carbonyl (C=O) groups is 1. The summed E-state index contributed by atoms with van der Waals surface area (Å²) < 4.78 is 0. The number of piperazine rings is 1. The van der Waals surface area contributed by atoms with Crippen LogP contribution >= 0.6 is 0 Å². The number of hydrogen-bond acceptors (Lipinski definition) is 6. The van der Waals surface area contributed by atoms with E-state index in [0.29, 0.717) is 37.7 Å². The highest BCUT2D eigenvalue weighted by Crippen LogP contribution is 2.26. The van der Waals surface area contributed by atoms with Crippen molar-refractivity contribution in [2.24, 2.45) is 0 Å². The quantitative estimate of drug-likeness (QED) is 0.623. The second-order valence-electron chi connectivity index (χ2n) is 4.76. The average Bonchev–Trinajstić information content (AvgIpc) is 2.47. The first-order valence-corrected chi connectivity index (χ1v) is 7.01. The van der Waals surface area contributed by atoms with Gasteiger partial charge in [0.2, 0.25) is 5.91 Å². The van der Waals surface area contributed by atoms with Crippen molar-refractivity contribution in [2.45, 2.75) is 26.3 Å². The van der Waals surface area contributed by atoms with Gasteiger partial charge in [0.1, 0.15) is 17.7 Å². The maximum Gasteiger partial charge on any atom is 0.276 e. The van der Waals surface area contributed by atoms with Crippen LogP contribution in [0.5, 0.6) is 0 Å². The molecule has 114 valence electrons. The highest BCUT2D eigenvalue weighted by Gasteiger charge is 2.30. The minimum Gasteiger partial charge on any atom is -0.370 e. The first-order valence-electron chi connectivity index (χ1n) is 7.01. The summed E-state index contributed by atoms with van der Waals surface area (Å²) >= 11 is 0. The number of pyridine rings is 1. The first-order chi connectivity index (χ1) is 10.1. The molecule has 1 saturated heterocycles. The lowest BCUT2D eigenvalue weighted by Crippen LogP contribution is -2.55. The standard InChI is InChI=1S/C13H19N5O3/c1-3-10-13(19)15-5-6-17(10)12-8-9(18(20)21)7-11(16-12)14-4-2/h7-8,10H,3-6H2,1-2H3,(H,14,16)(H,15,19). The molecule has 2 N–H and O–H groups in total. The predicted octanol–water partition coefficient (Wildman–Crippen LogP) is 1.14. The van der Waals surface area contributed by atoms with Crippen LogP contribution in [0.25, 0.3) is 0 Å². The lowest BCUT2D eigenvalue weighted by atomic mass is 10.1. The molecule has 21 heavy (non-hydrogen) atoms. The number of nitrogens with zero attached hydrogens (tertiary/aromatic N) is 3. The fourth-order valence-electron chi connectivity index (χ4n) is 2.42. The lowest BCUT2D eigenvalue weighted by molar-refractivity contribution is -0.384. The molecule has 2 heterocycles. The Morgan fingerprint density at radius 3 is 2.90 bits per heavy atom. The summed E-state index contributed by atoms with van der Waals surface area (Å²) in [4.78, 5) is 28.7. The third-order valence-electron chi connectivity index (χ3n) is 3.38. The molecule has 1 atom stereocenters. The van der Waals surface area contributed by atoms with Gasteiger partial charge in [-0.05, 0) is 13.3 Å². The highest BCUT2D eigenvalue weighted by atomic mass is 16.6. The number of nitro groups is 1. The van der Waals surface area contributed by atoms with Crippen LogP contribution in [0.15, 0.2) is 12.1 Å². The van der Waals surface area contributed by atoms with E-state index in [0.717, 1.165) is 0 Å². The molecule has 1 amide bonds. The van der Waals surface area contributed by atoms with Crippen LogP contribution in [0, 0.1) is 10.1 Å². The van der Waals surface area contributed by atoms with E-state index in [1.54, 1.807) is 0 Å². The molecule has 0 aliphatic carbocycles. The maximum absolute atomic E-state index is 11.9. The Kier molecular flexibility index (Phi) is 4.56. The molecule has 2 rings (SSSR count). The van der Waals surface area contributed by atoms with Gasteiger partial charge in [0.05, 0.1) is 17.1 Å². The lowest BCUT2D eigenvalue weighted by Gasteiger charge is -2.35. The zero-order chi connectivity index (χ0) is 15.4. The van der Waals surface area contributed by atoms with Crippen molar-refractivity contribution in [2.75, 3.05) is 29.9 Å². The van der Waals surface area contributed by atoms with E-state index in [-0.39, 0.29) is 17.6 Å². The number of rotatable bonds is 5. The molecule has 8 nitrogen and oxygen atoms in total. The van der Waals surface area contributed by atoms with Gasteiger partial charge in [0.25, 0.3) is 5.69 Å². The monoisotopic (exact) mass is 293 g/mol. The highest BCUT2D eigenvalue weighted by molar-refractivity contribution is 5.86. The van der Waals surface area contributed by atoms with Crippen LogP contribution in [0.3, 0.4) is 0 Å². The second kappa shape index (κ2) is 6.38. The van der Waals surface area contributed by atoms with Gasteiger partial charge in [-0.1, -0.05) is 6.92 Å². The summed E-state index contributed by atoms with van der Waals surface area (Å²) in [6.07, 6.45) is 0.618. The molecule has 0 spiro atoms. The molecule has 1 fully saturated rings.